The van der Waals surface area contributed by atoms with E-state index >= 15 is 0 Å². The van der Waals surface area contributed by atoms with Crippen molar-refractivity contribution in [1.29, 1.82) is 0 Å². The van der Waals surface area contributed by atoms with E-state index in [9.17, 15) is 18.4 Å². The van der Waals surface area contributed by atoms with Crippen molar-refractivity contribution >= 4 is 11.9 Å². The Morgan fingerprint density at radius 3 is 2.00 bits per heavy atom. The third kappa shape index (κ3) is 4.75. The van der Waals surface area contributed by atoms with Crippen LogP contribution in [-0.2, 0) is 24.3 Å². The van der Waals surface area contributed by atoms with E-state index in [1.807, 2.05) is 60.7 Å². The number of hydrogen-bond acceptors (Lipinski definition) is 3. The quantitative estimate of drug-likeness (QED) is 0.439. The summed E-state index contributed by atoms with van der Waals surface area (Å²) in [6.45, 7) is 2.34. The maximum atomic E-state index is 13.8. The van der Waals surface area contributed by atoms with Gasteiger partial charge in [0.05, 0.1) is 6.54 Å². The molecule has 0 radical (unpaired) electrons. The smallest absolute Gasteiger partial charge is 0.309 e. The van der Waals surface area contributed by atoms with Crippen LogP contribution in [0.3, 0.4) is 0 Å². The second-order valence-corrected chi connectivity index (χ2v) is 9.60. The van der Waals surface area contributed by atoms with E-state index in [1.54, 1.807) is 11.0 Å². The molecule has 186 valence electrons. The van der Waals surface area contributed by atoms with Gasteiger partial charge in [-0.1, -0.05) is 66.7 Å². The number of hydrogen-bond donors (Lipinski definition) is 0. The van der Waals surface area contributed by atoms with Crippen LogP contribution < -0.4 is 0 Å². The van der Waals surface area contributed by atoms with Gasteiger partial charge in [-0.15, -0.1) is 0 Å². The van der Waals surface area contributed by atoms with Crippen molar-refractivity contribution in [3.63, 3.8) is 0 Å². The first-order valence-electron chi connectivity index (χ1n) is 12.3. The minimum Gasteiger partial charge on any atom is -0.309 e. The molecule has 3 aromatic rings. The average Bonchev–Trinajstić information content (AvgIpc) is 3.08. The molecule has 0 saturated carbocycles. The van der Waals surface area contributed by atoms with Crippen LogP contribution in [0.4, 0.5) is 13.6 Å². The molecule has 0 atom stereocenters. The molecule has 0 bridgehead atoms. The lowest BCUT2D eigenvalue weighted by atomic mass is 9.85. The zero-order chi connectivity index (χ0) is 25.1. The van der Waals surface area contributed by atoms with Gasteiger partial charge in [-0.2, -0.15) is 0 Å². The topological polar surface area (TPSA) is 43.9 Å². The molecule has 2 fully saturated rings. The van der Waals surface area contributed by atoms with Gasteiger partial charge in [0.2, 0.25) is 0 Å². The average molecular weight is 490 g/mol. The Balaban J connectivity index is 1.35. The molecule has 2 heterocycles. The van der Waals surface area contributed by atoms with Gasteiger partial charge < -0.3 is 4.90 Å². The maximum Gasteiger partial charge on any atom is 0.328 e. The first-order valence-corrected chi connectivity index (χ1v) is 12.3. The number of piperidine rings is 1. The van der Waals surface area contributed by atoms with Crippen LogP contribution in [0.15, 0.2) is 78.9 Å². The van der Waals surface area contributed by atoms with Crippen LogP contribution in [0.1, 0.15) is 29.5 Å². The third-order valence-corrected chi connectivity index (χ3v) is 7.35. The van der Waals surface area contributed by atoms with Crippen molar-refractivity contribution < 1.29 is 18.4 Å². The normalized spacial score (nSPS) is 17.8. The van der Waals surface area contributed by atoms with Gasteiger partial charge in [0.15, 0.2) is 11.6 Å². The Labute approximate surface area is 209 Å². The van der Waals surface area contributed by atoms with Gasteiger partial charge >= 0.3 is 6.03 Å². The van der Waals surface area contributed by atoms with Gasteiger partial charge in [-0.05, 0) is 48.1 Å². The zero-order valence-corrected chi connectivity index (χ0v) is 20.1. The molecule has 3 amide bonds. The zero-order valence-electron chi connectivity index (χ0n) is 20.1. The standard InChI is InChI=1S/C29H29F2N3O2/c30-25-12-11-24(19-26(25)31)20-32-17-14-29(15-18-32)27(35)33(21-23-9-5-2-6-10-23)28(36)34(29)16-13-22-7-3-1-4-8-22/h1-12,19H,13-18,20-21H2. The summed E-state index contributed by atoms with van der Waals surface area (Å²) in [4.78, 5) is 32.7. The number of rotatable bonds is 7. The van der Waals surface area contributed by atoms with Gasteiger partial charge in [-0.25, -0.2) is 13.6 Å². The molecule has 36 heavy (non-hydrogen) atoms. The van der Waals surface area contributed by atoms with E-state index in [0.717, 1.165) is 17.2 Å². The molecule has 5 rings (SSSR count). The molecular weight excluding hydrogens is 460 g/mol. The second-order valence-electron chi connectivity index (χ2n) is 9.60. The van der Waals surface area contributed by atoms with Crippen molar-refractivity contribution in [3.05, 3.63) is 107 Å². The van der Waals surface area contributed by atoms with Gasteiger partial charge in [-0.3, -0.25) is 14.6 Å². The Morgan fingerprint density at radius 2 is 1.36 bits per heavy atom. The second kappa shape index (κ2) is 10.2. The van der Waals surface area contributed by atoms with Gasteiger partial charge in [0.1, 0.15) is 5.54 Å². The molecule has 2 aliphatic rings. The number of carbonyl (C=O) groups excluding carboxylic acids is 2. The first-order chi connectivity index (χ1) is 17.5. The Morgan fingerprint density at radius 1 is 0.722 bits per heavy atom. The number of urea groups is 1. The van der Waals surface area contributed by atoms with Crippen molar-refractivity contribution in [2.45, 2.75) is 37.9 Å². The van der Waals surface area contributed by atoms with Crippen LogP contribution in [-0.4, -0.2) is 51.8 Å². The van der Waals surface area contributed by atoms with E-state index in [4.69, 9.17) is 0 Å². The lowest BCUT2D eigenvalue weighted by molar-refractivity contribution is -0.136. The number of likely N-dealkylation sites (tertiary alicyclic amines) is 1. The molecule has 0 aliphatic carbocycles. The molecule has 0 N–H and O–H groups in total. The number of amides is 3. The van der Waals surface area contributed by atoms with E-state index in [-0.39, 0.29) is 18.5 Å². The Hall–Kier alpha value is -3.58. The Bertz CT molecular complexity index is 1230. The van der Waals surface area contributed by atoms with Crippen LogP contribution >= 0.6 is 0 Å². The summed E-state index contributed by atoms with van der Waals surface area (Å²) < 4.78 is 27.0. The summed E-state index contributed by atoms with van der Waals surface area (Å²) in [5.74, 6) is -1.86. The summed E-state index contributed by atoms with van der Waals surface area (Å²) in [6, 6.07) is 23.2. The minimum atomic E-state index is -0.884. The molecule has 3 aromatic carbocycles. The van der Waals surface area contributed by atoms with E-state index < -0.39 is 17.2 Å². The SMILES string of the molecule is O=C1N(Cc2ccccc2)C(=O)C2(CCN(Cc3ccc(F)c(F)c3)CC2)N1CCc1ccccc1. The minimum absolute atomic E-state index is 0.142. The maximum absolute atomic E-state index is 13.8. The van der Waals surface area contributed by atoms with E-state index in [2.05, 4.69) is 4.90 Å². The summed E-state index contributed by atoms with van der Waals surface area (Å²) in [5.41, 5.74) is 1.83. The van der Waals surface area contributed by atoms with E-state index in [0.29, 0.717) is 51.0 Å². The van der Waals surface area contributed by atoms with Crippen LogP contribution in [0, 0.1) is 11.6 Å². The fourth-order valence-electron chi connectivity index (χ4n) is 5.34. The molecule has 0 aromatic heterocycles. The predicted molar refractivity (Wildman–Crippen MR) is 133 cm³/mol. The molecule has 5 nitrogen and oxygen atoms in total. The fourth-order valence-corrected chi connectivity index (χ4v) is 5.34. The Kier molecular flexibility index (Phi) is 6.83. The number of nitrogens with zero attached hydrogens (tertiary/aromatic N) is 3. The van der Waals surface area contributed by atoms with Crippen molar-refractivity contribution in [1.82, 2.24) is 14.7 Å². The lowest BCUT2D eigenvalue weighted by Gasteiger charge is -2.42. The highest BCUT2D eigenvalue weighted by atomic mass is 19.2. The number of benzene rings is 3. The van der Waals surface area contributed by atoms with Crippen molar-refractivity contribution in [3.8, 4) is 0 Å². The number of imide groups is 1. The monoisotopic (exact) mass is 489 g/mol. The number of carbonyl (C=O) groups is 2. The highest BCUT2D eigenvalue weighted by molar-refractivity contribution is 6.07. The number of halogens is 2. The largest absolute Gasteiger partial charge is 0.328 e. The fraction of sp³-hybridized carbons (Fsp3) is 0.310. The highest BCUT2D eigenvalue weighted by Crippen LogP contribution is 2.38. The summed E-state index contributed by atoms with van der Waals surface area (Å²) in [6.07, 6.45) is 1.67. The molecule has 7 heteroatoms. The summed E-state index contributed by atoms with van der Waals surface area (Å²) in [7, 11) is 0. The lowest BCUT2D eigenvalue weighted by Crippen LogP contribution is -2.56. The first kappa shape index (κ1) is 24.1. The summed E-state index contributed by atoms with van der Waals surface area (Å²) in [5, 5.41) is 0. The van der Waals surface area contributed by atoms with Crippen LogP contribution in [0.5, 0.6) is 0 Å². The molecular formula is C29H29F2N3O2. The van der Waals surface area contributed by atoms with Crippen molar-refractivity contribution in [2.75, 3.05) is 19.6 Å². The molecule has 1 spiro atoms. The van der Waals surface area contributed by atoms with Gasteiger partial charge in [0, 0.05) is 26.2 Å². The third-order valence-electron chi connectivity index (χ3n) is 7.35. The predicted octanol–water partition coefficient (Wildman–Crippen LogP) is 5.01. The van der Waals surface area contributed by atoms with Crippen LogP contribution in [0.2, 0.25) is 0 Å². The molecule has 2 saturated heterocycles. The molecule has 0 unspecified atom stereocenters. The van der Waals surface area contributed by atoms with Gasteiger partial charge in [0.25, 0.3) is 5.91 Å². The van der Waals surface area contributed by atoms with E-state index in [1.165, 1.54) is 11.0 Å². The van der Waals surface area contributed by atoms with Crippen LogP contribution in [0.25, 0.3) is 0 Å². The molecule has 2 aliphatic heterocycles. The highest BCUT2D eigenvalue weighted by Gasteiger charge is 2.57. The van der Waals surface area contributed by atoms with Crippen molar-refractivity contribution in [2.24, 2.45) is 0 Å². The summed E-state index contributed by atoms with van der Waals surface area (Å²) >= 11 is 0.